The number of hydrogen-bond donors (Lipinski definition) is 2. The van der Waals surface area contributed by atoms with Crippen molar-refractivity contribution < 1.29 is 5.11 Å². The van der Waals surface area contributed by atoms with Crippen molar-refractivity contribution in [3.8, 4) is 5.69 Å². The molecule has 0 atom stereocenters. The fourth-order valence-electron chi connectivity index (χ4n) is 3.55. The van der Waals surface area contributed by atoms with Crippen LogP contribution < -0.4 is 21.5 Å². The van der Waals surface area contributed by atoms with Gasteiger partial charge in [-0.05, 0) is 6.07 Å². The molecule has 1 aromatic carbocycles. The van der Waals surface area contributed by atoms with E-state index in [0.29, 0.717) is 28.4 Å². The van der Waals surface area contributed by atoms with Crippen LogP contribution in [0.1, 0.15) is 5.56 Å². The number of para-hydroxylation sites is 1. The summed E-state index contributed by atoms with van der Waals surface area (Å²) < 4.78 is 4.25. The number of aromatic nitrogens is 4. The lowest BCUT2D eigenvalue weighted by molar-refractivity contribution is 0.281. The fraction of sp³-hybridized carbons (Fsp3) is 0.389. The summed E-state index contributed by atoms with van der Waals surface area (Å²) in [6.07, 6.45) is 0. The van der Waals surface area contributed by atoms with Gasteiger partial charge >= 0.3 is 5.69 Å². The van der Waals surface area contributed by atoms with Gasteiger partial charge < -0.3 is 15.3 Å². The Kier molecular flexibility index (Phi) is 4.33. The standard InChI is InChI=1S/C18H22N6O3/c1-21-15-14(16(26)22(2)18(21)27)24(13-6-4-3-5-12(13)11-25)17(20-15)23-9-7-19-8-10-23/h3-6,19,25H,7-11H2,1-2H3. The van der Waals surface area contributed by atoms with Crippen molar-refractivity contribution in [1.82, 2.24) is 24.0 Å². The number of aliphatic hydroxyl groups excluding tert-OH is 1. The number of nitrogens with one attached hydrogen (secondary N) is 1. The maximum atomic E-state index is 13.0. The Morgan fingerprint density at radius 3 is 2.52 bits per heavy atom. The fourth-order valence-corrected chi connectivity index (χ4v) is 3.55. The van der Waals surface area contributed by atoms with E-state index in [1.807, 2.05) is 24.3 Å². The van der Waals surface area contributed by atoms with Gasteiger partial charge in [-0.2, -0.15) is 4.98 Å². The highest BCUT2D eigenvalue weighted by Gasteiger charge is 2.25. The predicted octanol–water partition coefficient (Wildman–Crippen LogP) is -0.675. The van der Waals surface area contributed by atoms with E-state index in [4.69, 9.17) is 0 Å². The molecule has 3 aromatic rings. The SMILES string of the molecule is Cn1c(=O)c2c(nc(N3CCNCC3)n2-c2ccccc2CO)n(C)c1=O. The minimum absolute atomic E-state index is 0.164. The van der Waals surface area contributed by atoms with E-state index in [1.165, 1.54) is 11.6 Å². The molecule has 2 aromatic heterocycles. The largest absolute Gasteiger partial charge is 0.392 e. The first kappa shape index (κ1) is 17.5. The lowest BCUT2D eigenvalue weighted by Crippen LogP contribution is -2.44. The van der Waals surface area contributed by atoms with Crippen LogP contribution in [0.3, 0.4) is 0 Å². The van der Waals surface area contributed by atoms with Crippen LogP contribution >= 0.6 is 0 Å². The lowest BCUT2D eigenvalue weighted by atomic mass is 10.2. The first-order valence-corrected chi connectivity index (χ1v) is 8.88. The van der Waals surface area contributed by atoms with E-state index >= 15 is 0 Å². The molecular weight excluding hydrogens is 348 g/mol. The van der Waals surface area contributed by atoms with Crippen molar-refractivity contribution in [2.75, 3.05) is 31.1 Å². The van der Waals surface area contributed by atoms with Crippen molar-refractivity contribution in [3.63, 3.8) is 0 Å². The number of piperazine rings is 1. The number of benzene rings is 1. The maximum absolute atomic E-state index is 13.0. The molecule has 27 heavy (non-hydrogen) atoms. The Morgan fingerprint density at radius 2 is 1.81 bits per heavy atom. The van der Waals surface area contributed by atoms with Crippen LogP contribution in [0.15, 0.2) is 33.9 Å². The Balaban J connectivity index is 2.13. The summed E-state index contributed by atoms with van der Waals surface area (Å²) in [7, 11) is 3.07. The molecule has 2 N–H and O–H groups in total. The van der Waals surface area contributed by atoms with Crippen LogP contribution in [0.5, 0.6) is 0 Å². The molecule has 3 heterocycles. The summed E-state index contributed by atoms with van der Waals surface area (Å²) in [5.74, 6) is 0.602. The summed E-state index contributed by atoms with van der Waals surface area (Å²) >= 11 is 0. The average Bonchev–Trinajstić information content (AvgIpc) is 3.12. The number of imidazole rings is 1. The Hall–Kier alpha value is -2.91. The highest BCUT2D eigenvalue weighted by Crippen LogP contribution is 2.27. The van der Waals surface area contributed by atoms with Crippen LogP contribution in [-0.4, -0.2) is 50.0 Å². The smallest absolute Gasteiger partial charge is 0.332 e. The topological polar surface area (TPSA) is 97.3 Å². The summed E-state index contributed by atoms with van der Waals surface area (Å²) in [6, 6.07) is 7.36. The molecule has 0 aliphatic carbocycles. The monoisotopic (exact) mass is 370 g/mol. The van der Waals surface area contributed by atoms with E-state index < -0.39 is 11.2 Å². The quantitative estimate of drug-likeness (QED) is 0.634. The van der Waals surface area contributed by atoms with Gasteiger partial charge in [-0.25, -0.2) is 4.79 Å². The second-order valence-corrected chi connectivity index (χ2v) is 6.65. The van der Waals surface area contributed by atoms with Gasteiger partial charge in [0, 0.05) is 45.8 Å². The lowest BCUT2D eigenvalue weighted by Gasteiger charge is -2.29. The molecule has 0 unspecified atom stereocenters. The molecule has 9 nitrogen and oxygen atoms in total. The van der Waals surface area contributed by atoms with E-state index in [-0.39, 0.29) is 6.61 Å². The molecule has 0 bridgehead atoms. The second kappa shape index (κ2) is 6.67. The Morgan fingerprint density at radius 1 is 1.11 bits per heavy atom. The van der Waals surface area contributed by atoms with Crippen LogP contribution in [0.4, 0.5) is 5.95 Å². The Bertz CT molecular complexity index is 1120. The molecule has 1 saturated heterocycles. The Labute approximate surface area is 155 Å². The third kappa shape index (κ3) is 2.66. The molecule has 142 valence electrons. The summed E-state index contributed by atoms with van der Waals surface area (Å²) in [6.45, 7) is 2.92. The third-order valence-corrected chi connectivity index (χ3v) is 5.04. The van der Waals surface area contributed by atoms with E-state index in [9.17, 15) is 14.7 Å². The minimum Gasteiger partial charge on any atom is -0.392 e. The molecule has 0 amide bonds. The summed E-state index contributed by atoms with van der Waals surface area (Å²) in [5.41, 5.74) is 1.21. The van der Waals surface area contributed by atoms with Crippen molar-refractivity contribution in [1.29, 1.82) is 0 Å². The second-order valence-electron chi connectivity index (χ2n) is 6.65. The van der Waals surface area contributed by atoms with Gasteiger partial charge in [0.2, 0.25) is 5.95 Å². The van der Waals surface area contributed by atoms with Gasteiger partial charge in [0.05, 0.1) is 12.3 Å². The van der Waals surface area contributed by atoms with Gasteiger partial charge in [0.1, 0.15) is 0 Å². The van der Waals surface area contributed by atoms with E-state index in [2.05, 4.69) is 15.2 Å². The molecule has 0 spiro atoms. The number of nitrogens with zero attached hydrogens (tertiary/aromatic N) is 5. The molecule has 0 radical (unpaired) electrons. The third-order valence-electron chi connectivity index (χ3n) is 5.04. The zero-order valence-corrected chi connectivity index (χ0v) is 15.3. The number of rotatable bonds is 3. The zero-order valence-electron chi connectivity index (χ0n) is 15.3. The highest BCUT2D eigenvalue weighted by atomic mass is 16.3. The molecular formula is C18H22N6O3. The first-order valence-electron chi connectivity index (χ1n) is 8.88. The van der Waals surface area contributed by atoms with E-state index in [0.717, 1.165) is 30.7 Å². The average molecular weight is 370 g/mol. The normalized spacial score (nSPS) is 14.9. The van der Waals surface area contributed by atoms with E-state index in [1.54, 1.807) is 11.6 Å². The molecule has 1 fully saturated rings. The predicted molar refractivity (Wildman–Crippen MR) is 103 cm³/mol. The van der Waals surface area contributed by atoms with Crippen LogP contribution in [-0.2, 0) is 20.7 Å². The highest BCUT2D eigenvalue weighted by molar-refractivity contribution is 5.78. The molecule has 1 aliphatic rings. The number of fused-ring (bicyclic) bond motifs is 1. The molecule has 9 heteroatoms. The van der Waals surface area contributed by atoms with Gasteiger partial charge in [-0.15, -0.1) is 0 Å². The minimum atomic E-state index is -0.417. The van der Waals surface area contributed by atoms with Crippen LogP contribution in [0.2, 0.25) is 0 Å². The molecule has 4 rings (SSSR count). The van der Waals surface area contributed by atoms with Crippen molar-refractivity contribution in [2.45, 2.75) is 6.61 Å². The van der Waals surface area contributed by atoms with Gasteiger partial charge in [0.15, 0.2) is 11.2 Å². The first-order chi connectivity index (χ1) is 13.0. The van der Waals surface area contributed by atoms with Crippen LogP contribution in [0, 0.1) is 0 Å². The van der Waals surface area contributed by atoms with Crippen molar-refractivity contribution in [2.24, 2.45) is 14.1 Å². The zero-order chi connectivity index (χ0) is 19.1. The number of hydrogen-bond acceptors (Lipinski definition) is 6. The molecule has 1 aliphatic heterocycles. The van der Waals surface area contributed by atoms with Crippen molar-refractivity contribution >= 4 is 17.1 Å². The molecule has 0 saturated carbocycles. The number of anilines is 1. The van der Waals surface area contributed by atoms with Crippen LogP contribution in [0.25, 0.3) is 16.9 Å². The summed E-state index contributed by atoms with van der Waals surface area (Å²) in [5, 5.41) is 13.1. The number of aryl methyl sites for hydroxylation is 1. The van der Waals surface area contributed by atoms with Gasteiger partial charge in [0.25, 0.3) is 5.56 Å². The van der Waals surface area contributed by atoms with Gasteiger partial charge in [-0.1, -0.05) is 18.2 Å². The van der Waals surface area contributed by atoms with Gasteiger partial charge in [-0.3, -0.25) is 18.5 Å². The maximum Gasteiger partial charge on any atom is 0.332 e. The number of aliphatic hydroxyl groups is 1. The van der Waals surface area contributed by atoms with Crippen molar-refractivity contribution in [3.05, 3.63) is 50.7 Å². The summed E-state index contributed by atoms with van der Waals surface area (Å²) in [4.78, 5) is 32.1.